The number of carbonyl (C=O) groups excluding carboxylic acids is 1. The number of methoxy groups -OCH3 is 1. The molecule has 1 aliphatic carbocycles. The highest BCUT2D eigenvalue weighted by molar-refractivity contribution is 5.81. The van der Waals surface area contributed by atoms with Crippen molar-refractivity contribution in [2.24, 2.45) is 0 Å². The van der Waals surface area contributed by atoms with E-state index in [1.54, 1.807) is 6.07 Å². The molecule has 1 aliphatic rings. The minimum atomic E-state index is -1.27. The average Bonchev–Trinajstić information content (AvgIpc) is 3.12. The van der Waals surface area contributed by atoms with Crippen molar-refractivity contribution in [2.75, 3.05) is 13.7 Å². The van der Waals surface area contributed by atoms with Gasteiger partial charge in [-0.1, -0.05) is 48.5 Å². The van der Waals surface area contributed by atoms with Gasteiger partial charge in [0.1, 0.15) is 24.1 Å². The fraction of sp³-hybridized carbons (Fsp3) is 0.200. The molecule has 0 heterocycles. The Morgan fingerprint density at radius 3 is 2.22 bits per heavy atom. The number of benzene rings is 3. The first-order valence-electron chi connectivity index (χ1n) is 10.2. The number of hydrogen-bond donors (Lipinski definition) is 3. The number of aliphatic carboxylic acids is 1. The van der Waals surface area contributed by atoms with Gasteiger partial charge in [-0.15, -0.1) is 0 Å². The number of fused-ring (bicyclic) bond motifs is 3. The summed E-state index contributed by atoms with van der Waals surface area (Å²) in [6.45, 7) is 0.0800. The second-order valence-corrected chi connectivity index (χ2v) is 7.56. The summed E-state index contributed by atoms with van der Waals surface area (Å²) in [5.41, 5.74) is 4.69. The van der Waals surface area contributed by atoms with Crippen LogP contribution in [0.25, 0.3) is 11.1 Å². The lowest BCUT2D eigenvalue weighted by molar-refractivity contribution is -0.139. The normalized spacial score (nSPS) is 13.0. The van der Waals surface area contributed by atoms with Crippen LogP contribution in [0.3, 0.4) is 0 Å². The lowest BCUT2D eigenvalue weighted by Crippen LogP contribution is -2.42. The van der Waals surface area contributed by atoms with Crippen LogP contribution in [0.1, 0.15) is 22.6 Å². The van der Waals surface area contributed by atoms with Crippen molar-refractivity contribution in [1.29, 1.82) is 0 Å². The van der Waals surface area contributed by atoms with Crippen LogP contribution in [-0.2, 0) is 16.0 Å². The van der Waals surface area contributed by atoms with Gasteiger partial charge in [0.05, 0.1) is 7.11 Å². The van der Waals surface area contributed by atoms with Gasteiger partial charge >= 0.3 is 12.1 Å². The maximum atomic E-state index is 12.5. The number of aromatic hydroxyl groups is 1. The second kappa shape index (κ2) is 9.01. The largest absolute Gasteiger partial charge is 0.508 e. The van der Waals surface area contributed by atoms with E-state index in [0.717, 1.165) is 22.3 Å². The zero-order valence-corrected chi connectivity index (χ0v) is 17.4. The highest BCUT2D eigenvalue weighted by atomic mass is 16.5. The number of phenolic OH excluding ortho intramolecular Hbond substituents is 1. The average molecular weight is 433 g/mol. The molecule has 164 valence electrons. The number of alkyl carbamates (subject to hydrolysis) is 1. The third-order valence-electron chi connectivity index (χ3n) is 5.64. The first-order valence-corrected chi connectivity index (χ1v) is 10.2. The fourth-order valence-electron chi connectivity index (χ4n) is 4.05. The van der Waals surface area contributed by atoms with Crippen LogP contribution < -0.4 is 10.1 Å². The number of carbonyl (C=O) groups is 2. The van der Waals surface area contributed by atoms with Gasteiger partial charge < -0.3 is 25.0 Å². The molecular formula is C25H23NO6. The lowest BCUT2D eigenvalue weighted by Gasteiger charge is -2.18. The van der Waals surface area contributed by atoms with Gasteiger partial charge in [-0.2, -0.15) is 0 Å². The maximum Gasteiger partial charge on any atom is 0.407 e. The third-order valence-corrected chi connectivity index (χ3v) is 5.64. The van der Waals surface area contributed by atoms with Crippen LogP contribution in [0, 0.1) is 0 Å². The molecule has 1 unspecified atom stereocenters. The number of nitrogens with one attached hydrogen (secondary N) is 1. The van der Waals surface area contributed by atoms with Crippen molar-refractivity contribution in [3.05, 3.63) is 83.4 Å². The predicted octanol–water partition coefficient (Wildman–Crippen LogP) is 3.94. The Kier molecular flexibility index (Phi) is 5.98. The standard InChI is InChI=1S/C25H23NO6/c1-31-16-10-11-23(27)15(12-16)13-22(24(28)29)26-25(30)32-14-21-19-8-4-2-6-17(19)18-7-3-5-9-20(18)21/h2-12,21-22,27H,13-14H2,1H3,(H,26,30)(H,28,29). The first-order chi connectivity index (χ1) is 15.5. The van der Waals surface area contributed by atoms with Gasteiger partial charge in [-0.3, -0.25) is 0 Å². The summed E-state index contributed by atoms with van der Waals surface area (Å²) in [6, 6.07) is 19.2. The Balaban J connectivity index is 1.44. The minimum Gasteiger partial charge on any atom is -0.508 e. The molecule has 0 bridgehead atoms. The Labute approximate surface area is 185 Å². The Bertz CT molecular complexity index is 1110. The molecule has 3 aromatic carbocycles. The summed E-state index contributed by atoms with van der Waals surface area (Å²) in [4.78, 5) is 24.2. The zero-order valence-electron chi connectivity index (χ0n) is 17.4. The lowest BCUT2D eigenvalue weighted by atomic mass is 9.98. The molecule has 32 heavy (non-hydrogen) atoms. The molecule has 3 N–H and O–H groups in total. The van der Waals surface area contributed by atoms with Crippen LogP contribution >= 0.6 is 0 Å². The van der Waals surface area contributed by atoms with E-state index in [1.807, 2.05) is 48.5 Å². The van der Waals surface area contributed by atoms with Crippen LogP contribution in [0.4, 0.5) is 4.79 Å². The molecule has 1 amide bonds. The number of rotatable bonds is 7. The summed E-state index contributed by atoms with van der Waals surface area (Å²) < 4.78 is 10.5. The van der Waals surface area contributed by atoms with Gasteiger partial charge in [0.2, 0.25) is 0 Å². The number of ether oxygens (including phenoxy) is 2. The summed E-state index contributed by atoms with van der Waals surface area (Å²) in [6.07, 6.45) is -0.954. The monoisotopic (exact) mass is 433 g/mol. The summed E-state index contributed by atoms with van der Waals surface area (Å²) in [5.74, 6) is -0.964. The second-order valence-electron chi connectivity index (χ2n) is 7.56. The van der Waals surface area contributed by atoms with Crippen molar-refractivity contribution in [2.45, 2.75) is 18.4 Å². The Morgan fingerprint density at radius 1 is 1.00 bits per heavy atom. The molecule has 0 saturated carbocycles. The van der Waals surface area contributed by atoms with Gasteiger partial charge in [-0.25, -0.2) is 9.59 Å². The van der Waals surface area contributed by atoms with Gasteiger partial charge in [0.15, 0.2) is 0 Å². The van der Waals surface area contributed by atoms with E-state index >= 15 is 0 Å². The van der Waals surface area contributed by atoms with E-state index in [9.17, 15) is 19.8 Å². The van der Waals surface area contributed by atoms with Crippen molar-refractivity contribution >= 4 is 12.1 Å². The molecule has 0 aromatic heterocycles. The molecule has 0 saturated heterocycles. The smallest absolute Gasteiger partial charge is 0.407 e. The molecule has 7 nitrogen and oxygen atoms in total. The van der Waals surface area contributed by atoms with E-state index in [-0.39, 0.29) is 24.7 Å². The summed E-state index contributed by atoms with van der Waals surface area (Å²) >= 11 is 0. The summed E-state index contributed by atoms with van der Waals surface area (Å²) in [5, 5.41) is 22.0. The van der Waals surface area contributed by atoms with Crippen molar-refractivity contribution in [3.8, 4) is 22.6 Å². The summed E-state index contributed by atoms with van der Waals surface area (Å²) in [7, 11) is 1.47. The van der Waals surface area contributed by atoms with E-state index in [4.69, 9.17) is 9.47 Å². The van der Waals surface area contributed by atoms with Crippen molar-refractivity contribution in [3.63, 3.8) is 0 Å². The number of amides is 1. The first kappa shape index (κ1) is 21.2. The van der Waals surface area contributed by atoms with Crippen LogP contribution in [-0.4, -0.2) is 42.0 Å². The topological polar surface area (TPSA) is 105 Å². The van der Waals surface area contributed by atoms with Crippen LogP contribution in [0.5, 0.6) is 11.5 Å². The zero-order chi connectivity index (χ0) is 22.7. The van der Waals surface area contributed by atoms with Crippen LogP contribution in [0.15, 0.2) is 66.7 Å². The van der Waals surface area contributed by atoms with E-state index in [2.05, 4.69) is 5.32 Å². The highest BCUT2D eigenvalue weighted by Gasteiger charge is 2.30. The minimum absolute atomic E-state index is 0.0774. The molecule has 1 atom stereocenters. The number of phenols is 1. The maximum absolute atomic E-state index is 12.5. The van der Waals surface area contributed by atoms with Crippen LogP contribution in [0.2, 0.25) is 0 Å². The quantitative estimate of drug-likeness (QED) is 0.521. The van der Waals surface area contributed by atoms with E-state index in [0.29, 0.717) is 11.3 Å². The van der Waals surface area contributed by atoms with E-state index < -0.39 is 18.1 Å². The molecule has 0 radical (unpaired) electrons. The molecule has 7 heteroatoms. The highest BCUT2D eigenvalue weighted by Crippen LogP contribution is 2.44. The fourth-order valence-corrected chi connectivity index (χ4v) is 4.05. The molecule has 0 aliphatic heterocycles. The van der Waals surface area contributed by atoms with Gasteiger partial charge in [0, 0.05) is 17.9 Å². The van der Waals surface area contributed by atoms with Crippen molar-refractivity contribution < 1.29 is 29.3 Å². The number of carboxylic acids is 1. The van der Waals surface area contributed by atoms with Crippen molar-refractivity contribution in [1.82, 2.24) is 5.32 Å². The SMILES string of the molecule is COc1ccc(O)c(CC(NC(=O)OCC2c3ccccc3-c3ccccc32)C(=O)O)c1. The predicted molar refractivity (Wildman–Crippen MR) is 118 cm³/mol. The van der Waals surface area contributed by atoms with E-state index in [1.165, 1.54) is 19.2 Å². The number of carboxylic acid groups (broad SMARTS) is 1. The molecule has 3 aromatic rings. The van der Waals surface area contributed by atoms with Gasteiger partial charge in [0.25, 0.3) is 0 Å². The Hall–Kier alpha value is -4.00. The third kappa shape index (κ3) is 4.23. The molecule has 4 rings (SSSR count). The Morgan fingerprint density at radius 2 is 1.62 bits per heavy atom. The molecule has 0 fully saturated rings. The number of hydrogen-bond acceptors (Lipinski definition) is 5. The van der Waals surface area contributed by atoms with Gasteiger partial charge in [-0.05, 0) is 40.5 Å². The molecular weight excluding hydrogens is 410 g/mol. The molecule has 0 spiro atoms.